The lowest BCUT2D eigenvalue weighted by Gasteiger charge is -2.17. The quantitative estimate of drug-likeness (QED) is 0.715. The molecule has 0 saturated carbocycles. The Bertz CT molecular complexity index is 391. The Morgan fingerprint density at radius 1 is 0.905 bits per heavy atom. The molecule has 1 aromatic rings. The smallest absolute Gasteiger partial charge is 0.203 e. The zero-order chi connectivity index (χ0) is 15.7. The third kappa shape index (κ3) is 5.84. The van der Waals surface area contributed by atoms with Crippen LogP contribution in [0.25, 0.3) is 0 Å². The highest BCUT2D eigenvalue weighted by atomic mass is 16.5. The van der Waals surface area contributed by atoms with Crippen molar-refractivity contribution in [2.75, 3.05) is 26.4 Å². The van der Waals surface area contributed by atoms with Crippen molar-refractivity contribution in [1.82, 2.24) is 5.32 Å². The van der Waals surface area contributed by atoms with Gasteiger partial charge in [0, 0.05) is 6.54 Å². The second-order valence-electron chi connectivity index (χ2n) is 5.25. The molecule has 0 aliphatic carbocycles. The van der Waals surface area contributed by atoms with E-state index in [4.69, 9.17) is 14.2 Å². The van der Waals surface area contributed by atoms with Crippen LogP contribution in [0, 0.1) is 5.92 Å². The molecule has 1 N–H and O–H groups in total. The van der Waals surface area contributed by atoms with Gasteiger partial charge in [0.25, 0.3) is 0 Å². The molecule has 0 atom stereocenters. The van der Waals surface area contributed by atoms with Crippen LogP contribution in [-0.4, -0.2) is 26.4 Å². The van der Waals surface area contributed by atoms with E-state index < -0.39 is 0 Å². The molecule has 0 aliphatic heterocycles. The predicted octanol–water partition coefficient (Wildman–Crippen LogP) is 3.63. The molecule has 21 heavy (non-hydrogen) atoms. The molecule has 0 fully saturated rings. The molecule has 0 aromatic heterocycles. The second-order valence-corrected chi connectivity index (χ2v) is 5.25. The topological polar surface area (TPSA) is 39.7 Å². The van der Waals surface area contributed by atoms with E-state index >= 15 is 0 Å². The van der Waals surface area contributed by atoms with Gasteiger partial charge in [0.15, 0.2) is 11.5 Å². The van der Waals surface area contributed by atoms with Gasteiger partial charge in [0.2, 0.25) is 5.75 Å². The minimum atomic E-state index is 0.588. The van der Waals surface area contributed by atoms with Gasteiger partial charge in [-0.15, -0.1) is 0 Å². The lowest BCUT2D eigenvalue weighted by molar-refractivity contribution is 0.260. The second kappa shape index (κ2) is 9.50. The summed E-state index contributed by atoms with van der Waals surface area (Å²) in [7, 11) is 0. The average molecular weight is 295 g/mol. The summed E-state index contributed by atoms with van der Waals surface area (Å²) in [4.78, 5) is 0. The highest BCUT2D eigenvalue weighted by Gasteiger charge is 2.14. The van der Waals surface area contributed by atoms with Crippen LogP contribution in [0.4, 0.5) is 0 Å². The summed E-state index contributed by atoms with van der Waals surface area (Å²) < 4.78 is 17.1. The fourth-order valence-corrected chi connectivity index (χ4v) is 2.05. The van der Waals surface area contributed by atoms with Crippen molar-refractivity contribution in [1.29, 1.82) is 0 Å². The van der Waals surface area contributed by atoms with Gasteiger partial charge in [0.05, 0.1) is 19.8 Å². The predicted molar refractivity (Wildman–Crippen MR) is 86.5 cm³/mol. The van der Waals surface area contributed by atoms with Gasteiger partial charge in [-0.3, -0.25) is 0 Å². The number of ether oxygens (including phenoxy) is 3. The van der Waals surface area contributed by atoms with Crippen molar-refractivity contribution in [3.63, 3.8) is 0 Å². The van der Waals surface area contributed by atoms with Crippen molar-refractivity contribution >= 4 is 0 Å². The van der Waals surface area contributed by atoms with Gasteiger partial charge in [-0.25, -0.2) is 0 Å². The first-order valence-corrected chi connectivity index (χ1v) is 7.88. The normalized spacial score (nSPS) is 10.8. The van der Waals surface area contributed by atoms with Gasteiger partial charge in [-0.2, -0.15) is 0 Å². The van der Waals surface area contributed by atoms with Gasteiger partial charge in [-0.05, 0) is 50.9 Å². The standard InChI is InChI=1S/C17H29NO3/c1-6-19-15-9-14(12-18-11-13(4)5)10-16(20-7-2)17(15)21-8-3/h9-10,13,18H,6-8,11-12H2,1-5H3. The van der Waals surface area contributed by atoms with Crippen molar-refractivity contribution in [3.05, 3.63) is 17.7 Å². The largest absolute Gasteiger partial charge is 0.490 e. The van der Waals surface area contributed by atoms with E-state index in [1.165, 1.54) is 0 Å². The van der Waals surface area contributed by atoms with E-state index in [1.807, 2.05) is 32.9 Å². The Hall–Kier alpha value is -1.42. The van der Waals surface area contributed by atoms with Crippen molar-refractivity contribution in [2.45, 2.75) is 41.2 Å². The molecule has 1 rings (SSSR count). The van der Waals surface area contributed by atoms with Crippen LogP contribution < -0.4 is 19.5 Å². The summed E-state index contributed by atoms with van der Waals surface area (Å²) in [6.07, 6.45) is 0. The fraction of sp³-hybridized carbons (Fsp3) is 0.647. The summed E-state index contributed by atoms with van der Waals surface area (Å²) in [5.41, 5.74) is 1.14. The average Bonchev–Trinajstić information content (AvgIpc) is 2.42. The first-order valence-electron chi connectivity index (χ1n) is 7.88. The molecule has 120 valence electrons. The summed E-state index contributed by atoms with van der Waals surface area (Å²) in [6.45, 7) is 13.9. The van der Waals surface area contributed by atoms with Gasteiger partial charge < -0.3 is 19.5 Å². The van der Waals surface area contributed by atoms with Crippen LogP contribution in [0.3, 0.4) is 0 Å². The highest BCUT2D eigenvalue weighted by Crippen LogP contribution is 2.39. The van der Waals surface area contributed by atoms with E-state index in [9.17, 15) is 0 Å². The van der Waals surface area contributed by atoms with Gasteiger partial charge >= 0.3 is 0 Å². The molecular formula is C17H29NO3. The van der Waals surface area contributed by atoms with E-state index in [0.717, 1.165) is 30.2 Å². The third-order valence-corrected chi connectivity index (χ3v) is 2.85. The van der Waals surface area contributed by atoms with Crippen molar-refractivity contribution < 1.29 is 14.2 Å². The number of hydrogen-bond acceptors (Lipinski definition) is 4. The molecular weight excluding hydrogens is 266 g/mol. The molecule has 0 aliphatic rings. The summed E-state index contributed by atoms with van der Waals surface area (Å²) in [5, 5.41) is 3.44. The molecule has 1 aromatic carbocycles. The molecule has 0 saturated heterocycles. The van der Waals surface area contributed by atoms with Crippen LogP contribution in [0.1, 0.15) is 40.2 Å². The van der Waals surface area contributed by atoms with E-state index in [-0.39, 0.29) is 0 Å². The lowest BCUT2D eigenvalue weighted by atomic mass is 10.1. The lowest BCUT2D eigenvalue weighted by Crippen LogP contribution is -2.19. The van der Waals surface area contributed by atoms with Gasteiger partial charge in [-0.1, -0.05) is 13.8 Å². The number of benzene rings is 1. The first kappa shape index (κ1) is 17.6. The molecule has 0 spiro atoms. The third-order valence-electron chi connectivity index (χ3n) is 2.85. The monoisotopic (exact) mass is 295 g/mol. The maximum atomic E-state index is 5.71. The van der Waals surface area contributed by atoms with Crippen LogP contribution in [0.5, 0.6) is 17.2 Å². The molecule has 0 amide bonds. The van der Waals surface area contributed by atoms with E-state index in [1.54, 1.807) is 0 Å². The molecule has 4 heteroatoms. The number of hydrogen-bond donors (Lipinski definition) is 1. The van der Waals surface area contributed by atoms with E-state index in [2.05, 4.69) is 19.2 Å². The van der Waals surface area contributed by atoms with Crippen LogP contribution in [0.15, 0.2) is 12.1 Å². The minimum absolute atomic E-state index is 0.588. The summed E-state index contributed by atoms with van der Waals surface area (Å²) in [6, 6.07) is 4.06. The zero-order valence-electron chi connectivity index (χ0n) is 14.0. The van der Waals surface area contributed by atoms with E-state index in [0.29, 0.717) is 31.5 Å². The Balaban J connectivity index is 2.98. The van der Waals surface area contributed by atoms with Crippen LogP contribution in [-0.2, 0) is 6.54 Å². The maximum Gasteiger partial charge on any atom is 0.203 e. The Kier molecular flexibility index (Phi) is 7.98. The van der Waals surface area contributed by atoms with Crippen LogP contribution in [0.2, 0.25) is 0 Å². The zero-order valence-corrected chi connectivity index (χ0v) is 14.0. The highest BCUT2D eigenvalue weighted by molar-refractivity contribution is 5.54. The SMILES string of the molecule is CCOc1cc(CNCC(C)C)cc(OCC)c1OCC. The molecule has 0 heterocycles. The summed E-state index contributed by atoms with van der Waals surface area (Å²) in [5.74, 6) is 2.84. The summed E-state index contributed by atoms with van der Waals surface area (Å²) >= 11 is 0. The Morgan fingerprint density at radius 2 is 1.43 bits per heavy atom. The Labute approximate surface area is 128 Å². The Morgan fingerprint density at radius 3 is 1.86 bits per heavy atom. The first-order chi connectivity index (χ1) is 10.1. The maximum absolute atomic E-state index is 5.71. The van der Waals surface area contributed by atoms with Crippen molar-refractivity contribution in [3.8, 4) is 17.2 Å². The van der Waals surface area contributed by atoms with Crippen LogP contribution >= 0.6 is 0 Å². The number of rotatable bonds is 10. The minimum Gasteiger partial charge on any atom is -0.490 e. The van der Waals surface area contributed by atoms with Gasteiger partial charge in [0.1, 0.15) is 0 Å². The number of nitrogens with one attached hydrogen (secondary N) is 1. The molecule has 0 bridgehead atoms. The molecule has 0 unspecified atom stereocenters. The molecule has 0 radical (unpaired) electrons. The fourth-order valence-electron chi connectivity index (χ4n) is 2.05. The molecule has 4 nitrogen and oxygen atoms in total. The van der Waals surface area contributed by atoms with Crippen molar-refractivity contribution in [2.24, 2.45) is 5.92 Å².